The molecule has 0 fully saturated rings. The fourth-order valence-electron chi connectivity index (χ4n) is 2.64. The zero-order valence-corrected chi connectivity index (χ0v) is 12.3. The third-order valence-electron chi connectivity index (χ3n) is 3.49. The molecule has 3 nitrogen and oxygen atoms in total. The standard InChI is InChI=1S/C18H17NO2/c1-11-6-12(2)8-13(7-11)16-5-4-15-17(19-16)9-14(20)10-18(15)21-3/h4-10,20H,1-3H3. The summed E-state index contributed by atoms with van der Waals surface area (Å²) < 4.78 is 5.29. The molecule has 0 atom stereocenters. The van der Waals surface area contributed by atoms with Gasteiger partial charge in [-0.3, -0.25) is 0 Å². The summed E-state index contributed by atoms with van der Waals surface area (Å²) in [5.74, 6) is 0.786. The van der Waals surface area contributed by atoms with Crippen LogP contribution in [0.3, 0.4) is 0 Å². The van der Waals surface area contributed by atoms with Crippen molar-refractivity contribution in [2.24, 2.45) is 0 Å². The van der Waals surface area contributed by atoms with Crippen molar-refractivity contribution in [1.82, 2.24) is 4.98 Å². The number of hydrogen-bond acceptors (Lipinski definition) is 3. The largest absolute Gasteiger partial charge is 0.508 e. The summed E-state index contributed by atoms with van der Waals surface area (Å²) in [6, 6.07) is 13.6. The number of phenolic OH excluding ortho intramolecular Hbond substituents is 1. The number of pyridine rings is 1. The molecular weight excluding hydrogens is 262 g/mol. The van der Waals surface area contributed by atoms with Crippen LogP contribution in [0.1, 0.15) is 11.1 Å². The van der Waals surface area contributed by atoms with Crippen LogP contribution in [0.15, 0.2) is 42.5 Å². The van der Waals surface area contributed by atoms with Crippen LogP contribution >= 0.6 is 0 Å². The first-order valence-electron chi connectivity index (χ1n) is 6.83. The summed E-state index contributed by atoms with van der Waals surface area (Å²) in [6.07, 6.45) is 0. The molecule has 2 aromatic carbocycles. The highest BCUT2D eigenvalue weighted by Gasteiger charge is 2.08. The molecule has 0 aliphatic rings. The van der Waals surface area contributed by atoms with Crippen molar-refractivity contribution in [1.29, 1.82) is 0 Å². The Kier molecular flexibility index (Phi) is 3.26. The van der Waals surface area contributed by atoms with E-state index in [1.165, 1.54) is 11.1 Å². The number of ether oxygens (including phenoxy) is 1. The van der Waals surface area contributed by atoms with Gasteiger partial charge in [-0.1, -0.05) is 17.2 Å². The minimum absolute atomic E-state index is 0.157. The molecule has 0 aliphatic heterocycles. The molecule has 0 unspecified atom stereocenters. The maximum Gasteiger partial charge on any atom is 0.131 e. The van der Waals surface area contributed by atoms with Crippen LogP contribution in [0, 0.1) is 13.8 Å². The normalized spacial score (nSPS) is 10.8. The first kappa shape index (κ1) is 13.4. The molecular formula is C18H17NO2. The van der Waals surface area contributed by atoms with Gasteiger partial charge in [0.25, 0.3) is 0 Å². The Hall–Kier alpha value is -2.55. The third-order valence-corrected chi connectivity index (χ3v) is 3.49. The Labute approximate surface area is 123 Å². The summed E-state index contributed by atoms with van der Waals surface area (Å²) in [5.41, 5.74) is 5.11. The van der Waals surface area contributed by atoms with Crippen molar-refractivity contribution >= 4 is 10.9 Å². The minimum Gasteiger partial charge on any atom is -0.508 e. The van der Waals surface area contributed by atoms with Gasteiger partial charge < -0.3 is 9.84 Å². The molecule has 0 spiro atoms. The molecule has 3 heteroatoms. The van der Waals surface area contributed by atoms with Crippen LogP contribution in [0.4, 0.5) is 0 Å². The second-order valence-electron chi connectivity index (χ2n) is 5.29. The number of fused-ring (bicyclic) bond motifs is 1. The summed E-state index contributed by atoms with van der Waals surface area (Å²) >= 11 is 0. The quantitative estimate of drug-likeness (QED) is 0.763. The zero-order chi connectivity index (χ0) is 15.0. The Morgan fingerprint density at radius 3 is 2.33 bits per heavy atom. The number of nitrogens with zero attached hydrogens (tertiary/aromatic N) is 1. The van der Waals surface area contributed by atoms with E-state index >= 15 is 0 Å². The van der Waals surface area contributed by atoms with Gasteiger partial charge in [0.15, 0.2) is 0 Å². The molecule has 0 saturated carbocycles. The predicted octanol–water partition coefficient (Wildman–Crippen LogP) is 4.23. The van der Waals surface area contributed by atoms with E-state index in [0.717, 1.165) is 22.2 Å². The van der Waals surface area contributed by atoms with Gasteiger partial charge in [-0.05, 0) is 38.1 Å². The highest BCUT2D eigenvalue weighted by Crippen LogP contribution is 2.31. The highest BCUT2D eigenvalue weighted by molar-refractivity contribution is 5.88. The number of aromatic nitrogens is 1. The van der Waals surface area contributed by atoms with Crippen molar-refractivity contribution in [3.63, 3.8) is 0 Å². The van der Waals surface area contributed by atoms with E-state index in [9.17, 15) is 5.11 Å². The lowest BCUT2D eigenvalue weighted by atomic mass is 10.0. The Bertz CT molecular complexity index is 805. The number of aromatic hydroxyl groups is 1. The van der Waals surface area contributed by atoms with Crippen molar-refractivity contribution in [3.05, 3.63) is 53.6 Å². The SMILES string of the molecule is COc1cc(O)cc2nc(-c3cc(C)cc(C)c3)ccc12. The average Bonchev–Trinajstić information content (AvgIpc) is 2.44. The topological polar surface area (TPSA) is 42.4 Å². The van der Waals surface area contributed by atoms with Gasteiger partial charge in [0, 0.05) is 23.1 Å². The minimum atomic E-state index is 0.157. The van der Waals surface area contributed by atoms with Crippen LogP contribution in [0.25, 0.3) is 22.2 Å². The number of methoxy groups -OCH3 is 1. The number of aryl methyl sites for hydroxylation is 2. The van der Waals surface area contributed by atoms with Crippen LogP contribution < -0.4 is 4.74 Å². The molecule has 0 amide bonds. The maximum absolute atomic E-state index is 9.77. The monoisotopic (exact) mass is 279 g/mol. The van der Waals surface area contributed by atoms with E-state index in [0.29, 0.717) is 5.75 Å². The van der Waals surface area contributed by atoms with Gasteiger partial charge in [-0.2, -0.15) is 0 Å². The zero-order valence-electron chi connectivity index (χ0n) is 12.3. The molecule has 0 bridgehead atoms. The lowest BCUT2D eigenvalue weighted by molar-refractivity contribution is 0.412. The van der Waals surface area contributed by atoms with Crippen molar-refractivity contribution in [2.75, 3.05) is 7.11 Å². The highest BCUT2D eigenvalue weighted by atomic mass is 16.5. The third kappa shape index (κ3) is 2.55. The fraction of sp³-hybridized carbons (Fsp3) is 0.167. The smallest absolute Gasteiger partial charge is 0.131 e. The second-order valence-corrected chi connectivity index (χ2v) is 5.29. The predicted molar refractivity (Wildman–Crippen MR) is 84.9 cm³/mol. The van der Waals surface area contributed by atoms with Crippen LogP contribution in [0.5, 0.6) is 11.5 Å². The second kappa shape index (κ2) is 5.09. The Balaban J connectivity index is 2.21. The van der Waals surface area contributed by atoms with Gasteiger partial charge in [0.05, 0.1) is 18.3 Å². The summed E-state index contributed by atoms with van der Waals surface area (Å²) in [4.78, 5) is 4.66. The molecule has 0 aliphatic carbocycles. The molecule has 106 valence electrons. The molecule has 1 heterocycles. The van der Waals surface area contributed by atoms with Gasteiger partial charge in [-0.25, -0.2) is 4.98 Å². The molecule has 1 aromatic heterocycles. The van der Waals surface area contributed by atoms with E-state index in [4.69, 9.17) is 4.74 Å². The van der Waals surface area contributed by atoms with Gasteiger partial charge in [-0.15, -0.1) is 0 Å². The van der Waals surface area contributed by atoms with Crippen molar-refractivity contribution in [3.8, 4) is 22.8 Å². The van der Waals surface area contributed by atoms with Gasteiger partial charge >= 0.3 is 0 Å². The van der Waals surface area contributed by atoms with Gasteiger partial charge in [0.1, 0.15) is 11.5 Å². The molecule has 21 heavy (non-hydrogen) atoms. The van der Waals surface area contributed by atoms with Crippen LogP contribution in [-0.4, -0.2) is 17.2 Å². The first-order chi connectivity index (χ1) is 10.1. The molecule has 0 radical (unpaired) electrons. The molecule has 3 aromatic rings. The van der Waals surface area contributed by atoms with E-state index in [1.54, 1.807) is 19.2 Å². The first-order valence-corrected chi connectivity index (χ1v) is 6.83. The van der Waals surface area contributed by atoms with Gasteiger partial charge in [0.2, 0.25) is 0 Å². The van der Waals surface area contributed by atoms with Crippen LogP contribution in [0.2, 0.25) is 0 Å². The lowest BCUT2D eigenvalue weighted by Crippen LogP contribution is -1.90. The van der Waals surface area contributed by atoms with Crippen LogP contribution in [-0.2, 0) is 0 Å². The number of benzene rings is 2. The molecule has 0 saturated heterocycles. The molecule has 3 rings (SSSR count). The number of hydrogen-bond donors (Lipinski definition) is 1. The summed E-state index contributed by atoms with van der Waals surface area (Å²) in [6.45, 7) is 4.15. The number of phenols is 1. The van der Waals surface area contributed by atoms with Crippen molar-refractivity contribution < 1.29 is 9.84 Å². The Morgan fingerprint density at radius 1 is 0.952 bits per heavy atom. The fourth-order valence-corrected chi connectivity index (χ4v) is 2.64. The van der Waals surface area contributed by atoms with Crippen molar-refractivity contribution in [2.45, 2.75) is 13.8 Å². The van der Waals surface area contributed by atoms with E-state index in [1.807, 2.05) is 12.1 Å². The number of rotatable bonds is 2. The maximum atomic E-state index is 9.77. The summed E-state index contributed by atoms with van der Waals surface area (Å²) in [5, 5.41) is 10.7. The lowest BCUT2D eigenvalue weighted by Gasteiger charge is -2.09. The Morgan fingerprint density at radius 2 is 1.67 bits per heavy atom. The average molecular weight is 279 g/mol. The summed E-state index contributed by atoms with van der Waals surface area (Å²) in [7, 11) is 1.59. The van der Waals surface area contributed by atoms with E-state index in [2.05, 4.69) is 37.0 Å². The van der Waals surface area contributed by atoms with E-state index in [-0.39, 0.29) is 5.75 Å². The van der Waals surface area contributed by atoms with E-state index < -0.39 is 0 Å². The molecule has 1 N–H and O–H groups in total.